The van der Waals surface area contributed by atoms with Crippen molar-refractivity contribution in [2.45, 2.75) is 12.5 Å². The molecule has 5 nitrogen and oxygen atoms in total. The molecule has 1 aliphatic heterocycles. The first-order chi connectivity index (χ1) is 7.51. The van der Waals surface area contributed by atoms with Crippen LogP contribution in [0.15, 0.2) is 0 Å². The molecule has 96 valence electrons. The summed E-state index contributed by atoms with van der Waals surface area (Å²) in [5.74, 6) is 0.279. The van der Waals surface area contributed by atoms with E-state index >= 15 is 0 Å². The second-order valence-corrected chi connectivity index (χ2v) is 6.59. The van der Waals surface area contributed by atoms with Crippen molar-refractivity contribution >= 4 is 9.84 Å². The molecule has 0 spiro atoms. The minimum atomic E-state index is -2.82. The number of nitrogens with zero attached hydrogens (tertiary/aromatic N) is 1. The Hall–Kier alpha value is -0.170. The number of rotatable bonds is 6. The van der Waals surface area contributed by atoms with Gasteiger partial charge in [0.2, 0.25) is 0 Å². The number of nitrogens with one attached hydrogen (secondary N) is 1. The highest BCUT2D eigenvalue weighted by Crippen LogP contribution is 2.05. The number of morpholine rings is 1. The van der Waals surface area contributed by atoms with Crippen LogP contribution in [0.3, 0.4) is 0 Å². The molecule has 1 unspecified atom stereocenters. The van der Waals surface area contributed by atoms with E-state index in [0.717, 1.165) is 32.8 Å². The van der Waals surface area contributed by atoms with Crippen molar-refractivity contribution in [1.82, 2.24) is 10.2 Å². The summed E-state index contributed by atoms with van der Waals surface area (Å²) >= 11 is 0. The van der Waals surface area contributed by atoms with Gasteiger partial charge in [0.1, 0.15) is 9.84 Å². The molecule has 6 heteroatoms. The summed E-state index contributed by atoms with van der Waals surface area (Å²) < 4.78 is 27.5. The van der Waals surface area contributed by atoms with E-state index in [1.54, 1.807) is 0 Å². The van der Waals surface area contributed by atoms with Crippen LogP contribution in [-0.4, -0.2) is 71.3 Å². The summed E-state index contributed by atoms with van der Waals surface area (Å²) in [6.07, 6.45) is 2.23. The molecular formula is C10H22N2O3S. The van der Waals surface area contributed by atoms with Gasteiger partial charge in [-0.05, 0) is 20.0 Å². The van der Waals surface area contributed by atoms with Gasteiger partial charge in [-0.25, -0.2) is 8.42 Å². The average molecular weight is 250 g/mol. The second kappa shape index (κ2) is 6.54. The van der Waals surface area contributed by atoms with E-state index in [0.29, 0.717) is 6.42 Å². The molecular weight excluding hydrogens is 228 g/mol. The largest absolute Gasteiger partial charge is 0.374 e. The van der Waals surface area contributed by atoms with Gasteiger partial charge in [-0.15, -0.1) is 0 Å². The van der Waals surface area contributed by atoms with Crippen LogP contribution in [0.2, 0.25) is 0 Å². The molecule has 1 saturated heterocycles. The van der Waals surface area contributed by atoms with Crippen LogP contribution < -0.4 is 5.32 Å². The fourth-order valence-electron chi connectivity index (χ4n) is 1.89. The summed E-state index contributed by atoms with van der Waals surface area (Å²) in [6, 6.07) is 0. The van der Waals surface area contributed by atoms with E-state index in [1.165, 1.54) is 6.26 Å². The molecule has 0 amide bonds. The molecule has 0 aromatic heterocycles. The van der Waals surface area contributed by atoms with Crippen molar-refractivity contribution < 1.29 is 13.2 Å². The molecule has 0 radical (unpaired) electrons. The molecule has 1 atom stereocenters. The minimum absolute atomic E-state index is 0.233. The Morgan fingerprint density at radius 1 is 1.50 bits per heavy atom. The van der Waals surface area contributed by atoms with Gasteiger partial charge in [0.05, 0.1) is 18.5 Å². The fourth-order valence-corrected chi connectivity index (χ4v) is 2.54. The van der Waals surface area contributed by atoms with Crippen LogP contribution in [0.4, 0.5) is 0 Å². The van der Waals surface area contributed by atoms with Crippen molar-refractivity contribution in [3.05, 3.63) is 0 Å². The Morgan fingerprint density at radius 3 is 2.88 bits per heavy atom. The lowest BCUT2D eigenvalue weighted by atomic mass is 10.2. The summed E-state index contributed by atoms with van der Waals surface area (Å²) in [5.41, 5.74) is 0. The number of hydrogen-bond acceptors (Lipinski definition) is 5. The van der Waals surface area contributed by atoms with Crippen LogP contribution >= 0.6 is 0 Å². The van der Waals surface area contributed by atoms with E-state index in [4.69, 9.17) is 4.74 Å². The average Bonchev–Trinajstić information content (AvgIpc) is 2.17. The molecule has 1 heterocycles. The molecule has 1 fully saturated rings. The van der Waals surface area contributed by atoms with Gasteiger partial charge in [0.25, 0.3) is 0 Å². The van der Waals surface area contributed by atoms with Gasteiger partial charge in [-0.3, -0.25) is 4.90 Å². The third-order valence-corrected chi connectivity index (χ3v) is 3.67. The maximum atomic E-state index is 11.0. The molecule has 0 bridgehead atoms. The molecule has 0 aromatic rings. The van der Waals surface area contributed by atoms with Crippen molar-refractivity contribution in [2.24, 2.45) is 0 Å². The third-order valence-electron chi connectivity index (χ3n) is 2.64. The SMILES string of the molecule is CNCC1CN(CCCS(C)(=O)=O)CCO1. The predicted octanol–water partition coefficient (Wildman–Crippen LogP) is -0.659. The lowest BCUT2D eigenvalue weighted by molar-refractivity contribution is -0.0260. The summed E-state index contributed by atoms with van der Waals surface area (Å²) in [6.45, 7) is 4.24. The predicted molar refractivity (Wildman–Crippen MR) is 64.4 cm³/mol. The van der Waals surface area contributed by atoms with Crippen LogP contribution in [0, 0.1) is 0 Å². The van der Waals surface area contributed by atoms with E-state index in [9.17, 15) is 8.42 Å². The quantitative estimate of drug-likeness (QED) is 0.678. The first-order valence-electron chi connectivity index (χ1n) is 5.67. The molecule has 1 N–H and O–H groups in total. The van der Waals surface area contributed by atoms with Crippen LogP contribution in [0.5, 0.6) is 0 Å². The van der Waals surface area contributed by atoms with Gasteiger partial charge in [-0.1, -0.05) is 0 Å². The van der Waals surface area contributed by atoms with Crippen molar-refractivity contribution in [2.75, 3.05) is 51.8 Å². The maximum absolute atomic E-state index is 11.0. The first kappa shape index (κ1) is 13.9. The van der Waals surface area contributed by atoms with E-state index < -0.39 is 9.84 Å². The lowest BCUT2D eigenvalue weighted by Gasteiger charge is -2.32. The standard InChI is InChI=1S/C10H22N2O3S/c1-11-8-10-9-12(5-6-15-10)4-3-7-16(2,13)14/h10-11H,3-9H2,1-2H3. The number of ether oxygens (including phenoxy) is 1. The smallest absolute Gasteiger partial charge is 0.147 e. The Morgan fingerprint density at radius 2 is 2.25 bits per heavy atom. The summed E-state index contributed by atoms with van der Waals surface area (Å²) in [4.78, 5) is 2.27. The van der Waals surface area contributed by atoms with Gasteiger partial charge >= 0.3 is 0 Å². The normalized spacial score (nSPS) is 23.5. The van der Waals surface area contributed by atoms with Crippen LogP contribution in [0.25, 0.3) is 0 Å². The zero-order chi connectivity index (χ0) is 12.0. The van der Waals surface area contributed by atoms with Gasteiger partial charge in [-0.2, -0.15) is 0 Å². The second-order valence-electron chi connectivity index (χ2n) is 4.33. The molecule has 0 aromatic carbocycles. The molecule has 1 aliphatic rings. The topological polar surface area (TPSA) is 58.6 Å². The molecule has 1 rings (SSSR count). The van der Waals surface area contributed by atoms with Gasteiger partial charge in [0, 0.05) is 25.9 Å². The monoisotopic (exact) mass is 250 g/mol. The maximum Gasteiger partial charge on any atom is 0.147 e. The number of hydrogen-bond donors (Lipinski definition) is 1. The summed E-state index contributed by atoms with van der Waals surface area (Å²) in [5, 5.41) is 3.09. The van der Waals surface area contributed by atoms with Crippen molar-refractivity contribution in [3.8, 4) is 0 Å². The molecule has 0 saturated carbocycles. The van der Waals surface area contributed by atoms with Crippen LogP contribution in [0.1, 0.15) is 6.42 Å². The Bertz CT molecular complexity index is 290. The van der Waals surface area contributed by atoms with E-state index in [1.807, 2.05) is 7.05 Å². The number of sulfone groups is 1. The van der Waals surface area contributed by atoms with Crippen molar-refractivity contribution in [1.29, 1.82) is 0 Å². The minimum Gasteiger partial charge on any atom is -0.374 e. The lowest BCUT2D eigenvalue weighted by Crippen LogP contribution is -2.46. The van der Waals surface area contributed by atoms with Crippen LogP contribution in [-0.2, 0) is 14.6 Å². The highest BCUT2D eigenvalue weighted by atomic mass is 32.2. The summed E-state index contributed by atoms with van der Waals surface area (Å²) in [7, 11) is -0.910. The third kappa shape index (κ3) is 5.79. The first-order valence-corrected chi connectivity index (χ1v) is 7.73. The Balaban J connectivity index is 2.21. The Labute approximate surface area is 98.1 Å². The zero-order valence-corrected chi connectivity index (χ0v) is 10.9. The highest BCUT2D eigenvalue weighted by molar-refractivity contribution is 7.90. The molecule has 0 aliphatic carbocycles. The van der Waals surface area contributed by atoms with Crippen molar-refractivity contribution in [3.63, 3.8) is 0 Å². The Kier molecular flexibility index (Phi) is 5.68. The van der Waals surface area contributed by atoms with E-state index in [2.05, 4.69) is 10.2 Å². The molecule has 16 heavy (non-hydrogen) atoms. The number of likely N-dealkylation sites (N-methyl/N-ethyl adjacent to an activating group) is 1. The zero-order valence-electron chi connectivity index (χ0n) is 10.1. The van der Waals surface area contributed by atoms with Gasteiger partial charge < -0.3 is 10.1 Å². The van der Waals surface area contributed by atoms with Gasteiger partial charge in [0.15, 0.2) is 0 Å². The van der Waals surface area contributed by atoms with E-state index in [-0.39, 0.29) is 11.9 Å². The fraction of sp³-hybridized carbons (Fsp3) is 1.00. The highest BCUT2D eigenvalue weighted by Gasteiger charge is 2.19.